The van der Waals surface area contributed by atoms with Crippen molar-refractivity contribution in [2.45, 2.75) is 33.1 Å². The summed E-state index contributed by atoms with van der Waals surface area (Å²) < 4.78 is 2.73. The van der Waals surface area contributed by atoms with E-state index >= 15 is 0 Å². The van der Waals surface area contributed by atoms with Crippen molar-refractivity contribution in [3.8, 4) is 0 Å². The van der Waals surface area contributed by atoms with Crippen LogP contribution in [-0.4, -0.2) is 5.91 Å². The largest absolute Gasteiger partial charge is 0.299 e. The van der Waals surface area contributed by atoms with Gasteiger partial charge in [0.25, 0.3) is 0 Å². The van der Waals surface area contributed by atoms with Crippen LogP contribution in [0.15, 0.2) is 12.2 Å². The molecule has 0 unspecified atom stereocenters. The number of amides is 1. The van der Waals surface area contributed by atoms with Crippen LogP contribution >= 0.6 is 22.9 Å². The molecule has 1 aliphatic carbocycles. The third-order valence-corrected chi connectivity index (χ3v) is 3.71. The van der Waals surface area contributed by atoms with Crippen LogP contribution in [0.2, 0.25) is 0 Å². The number of carbonyl (C=O) groups is 1. The smallest absolute Gasteiger partial charge is 0.232 e. The monoisotopic (exact) mass is 307 g/mol. The van der Waals surface area contributed by atoms with Gasteiger partial charge < -0.3 is 0 Å². The van der Waals surface area contributed by atoms with Crippen molar-refractivity contribution >= 4 is 28.8 Å². The second-order valence-corrected chi connectivity index (χ2v) is 4.98. The van der Waals surface area contributed by atoms with Gasteiger partial charge in [-0.05, 0) is 31.6 Å². The van der Waals surface area contributed by atoms with Gasteiger partial charge in [0.15, 0.2) is 0 Å². The molecule has 0 spiro atoms. The zero-order valence-electron chi connectivity index (χ0n) is 8.85. The number of allylic oxidation sites excluding steroid dienone is 1. The van der Waals surface area contributed by atoms with Crippen LogP contribution in [0.4, 0.5) is 0 Å². The van der Waals surface area contributed by atoms with E-state index in [1.165, 1.54) is 6.42 Å². The van der Waals surface area contributed by atoms with Gasteiger partial charge in [0.2, 0.25) is 5.91 Å². The molecule has 0 bridgehead atoms. The van der Waals surface area contributed by atoms with Crippen LogP contribution in [0.5, 0.6) is 0 Å². The predicted octanol–water partition coefficient (Wildman–Crippen LogP) is 3.08. The van der Waals surface area contributed by atoms with Crippen molar-refractivity contribution in [1.82, 2.24) is 3.53 Å². The zero-order valence-corrected chi connectivity index (χ0v) is 11.0. The second kappa shape index (κ2) is 5.14. The lowest BCUT2D eigenvalue weighted by Gasteiger charge is -2.33. The molecule has 1 N–H and O–H groups in total. The van der Waals surface area contributed by atoms with Gasteiger partial charge in [0.05, 0.1) is 22.9 Å². The van der Waals surface area contributed by atoms with Crippen molar-refractivity contribution in [1.29, 1.82) is 0 Å². The van der Waals surface area contributed by atoms with Gasteiger partial charge in [-0.1, -0.05) is 25.5 Å². The van der Waals surface area contributed by atoms with E-state index in [1.807, 2.05) is 29.8 Å². The van der Waals surface area contributed by atoms with Crippen LogP contribution in [0.25, 0.3) is 0 Å². The highest BCUT2D eigenvalue weighted by atomic mass is 127. The van der Waals surface area contributed by atoms with E-state index in [4.69, 9.17) is 0 Å². The summed E-state index contributed by atoms with van der Waals surface area (Å²) in [6.07, 6.45) is 3.35. The summed E-state index contributed by atoms with van der Waals surface area (Å²) >= 11 is 1.93. The fourth-order valence-corrected chi connectivity index (χ4v) is 2.73. The lowest BCUT2D eigenvalue weighted by Crippen LogP contribution is -2.35. The first-order chi connectivity index (χ1) is 6.56. The number of halogens is 1. The molecule has 1 rings (SSSR count). The number of hydrogen-bond donors (Lipinski definition) is 1. The fourth-order valence-electron chi connectivity index (χ4n) is 2.33. The van der Waals surface area contributed by atoms with Gasteiger partial charge in [-0.15, -0.1) is 0 Å². The molecule has 1 aliphatic rings. The Balaban J connectivity index is 2.73. The number of rotatable bonds is 2. The maximum Gasteiger partial charge on any atom is 0.232 e. The predicted molar refractivity (Wildman–Crippen MR) is 67.0 cm³/mol. The highest BCUT2D eigenvalue weighted by molar-refractivity contribution is 14.1. The molecule has 0 heterocycles. The molecule has 0 aromatic heterocycles. The Hall–Kier alpha value is -0.0600. The molecule has 14 heavy (non-hydrogen) atoms. The Kier molecular flexibility index (Phi) is 4.41. The van der Waals surface area contributed by atoms with Crippen LogP contribution in [-0.2, 0) is 4.79 Å². The molecule has 0 aromatic rings. The number of carbonyl (C=O) groups excluding carboxylic acids is 1. The first kappa shape index (κ1) is 12.0. The summed E-state index contributed by atoms with van der Waals surface area (Å²) in [5.74, 6) is 1.38. The molecular formula is C11H18INO. The fraction of sp³-hybridized carbons (Fsp3) is 0.727. The summed E-state index contributed by atoms with van der Waals surface area (Å²) in [5, 5.41) is 0. The lowest BCUT2D eigenvalue weighted by molar-refractivity contribution is -0.125. The summed E-state index contributed by atoms with van der Waals surface area (Å²) in [6.45, 7) is 8.25. The second-order valence-electron chi connectivity index (χ2n) is 4.44. The Morgan fingerprint density at radius 1 is 1.43 bits per heavy atom. The Bertz CT molecular complexity index is 239. The molecule has 1 saturated carbocycles. The number of hydrogen-bond acceptors (Lipinski definition) is 1. The molecule has 0 saturated heterocycles. The maximum absolute atomic E-state index is 11.7. The van der Waals surface area contributed by atoms with Crippen LogP contribution < -0.4 is 3.53 Å². The van der Waals surface area contributed by atoms with Crippen LogP contribution in [0, 0.1) is 17.8 Å². The van der Waals surface area contributed by atoms with Gasteiger partial charge in [-0.3, -0.25) is 8.32 Å². The minimum absolute atomic E-state index is 0.146. The first-order valence-corrected chi connectivity index (χ1v) is 6.20. The molecule has 0 aliphatic heterocycles. The quantitative estimate of drug-likeness (QED) is 0.474. The van der Waals surface area contributed by atoms with Crippen molar-refractivity contribution in [2.75, 3.05) is 0 Å². The van der Waals surface area contributed by atoms with Gasteiger partial charge in [0, 0.05) is 5.92 Å². The van der Waals surface area contributed by atoms with Crippen LogP contribution in [0.1, 0.15) is 33.1 Å². The van der Waals surface area contributed by atoms with Crippen molar-refractivity contribution in [3.63, 3.8) is 0 Å². The van der Waals surface area contributed by atoms with Crippen LogP contribution in [0.3, 0.4) is 0 Å². The van der Waals surface area contributed by atoms with Gasteiger partial charge in [0.1, 0.15) is 0 Å². The molecule has 80 valence electrons. The van der Waals surface area contributed by atoms with E-state index in [0.717, 1.165) is 18.4 Å². The van der Waals surface area contributed by atoms with E-state index in [0.29, 0.717) is 11.8 Å². The minimum Gasteiger partial charge on any atom is -0.299 e. The van der Waals surface area contributed by atoms with E-state index in [2.05, 4.69) is 17.0 Å². The van der Waals surface area contributed by atoms with Crippen molar-refractivity contribution in [3.05, 3.63) is 12.2 Å². The molecule has 0 radical (unpaired) electrons. The van der Waals surface area contributed by atoms with E-state index in [9.17, 15) is 4.79 Å². The number of nitrogens with one attached hydrogen (secondary N) is 1. The summed E-state index contributed by atoms with van der Waals surface area (Å²) in [7, 11) is 0. The lowest BCUT2D eigenvalue weighted by atomic mass is 9.72. The third kappa shape index (κ3) is 2.72. The van der Waals surface area contributed by atoms with Crippen molar-refractivity contribution < 1.29 is 4.79 Å². The van der Waals surface area contributed by atoms with Gasteiger partial charge in [-0.25, -0.2) is 0 Å². The SMILES string of the molecule is C=C(C)[C@@H]1CC[C@@H](C)C[C@H]1C(=O)NI. The third-order valence-electron chi connectivity index (χ3n) is 3.18. The minimum atomic E-state index is 0.146. The molecule has 3 atom stereocenters. The average Bonchev–Trinajstić information content (AvgIpc) is 2.16. The Labute approximate surface area is 100 Å². The molecular weight excluding hydrogens is 289 g/mol. The molecule has 1 fully saturated rings. The van der Waals surface area contributed by atoms with E-state index < -0.39 is 0 Å². The molecule has 3 heteroatoms. The topological polar surface area (TPSA) is 29.1 Å². The first-order valence-electron chi connectivity index (χ1n) is 5.12. The molecule has 1 amide bonds. The molecule has 2 nitrogen and oxygen atoms in total. The molecule has 0 aromatic carbocycles. The van der Waals surface area contributed by atoms with Crippen molar-refractivity contribution in [2.24, 2.45) is 17.8 Å². The maximum atomic E-state index is 11.7. The normalized spacial score (nSPS) is 32.4. The standard InChI is InChI=1S/C11H18INO/c1-7(2)9-5-4-8(3)6-10(9)11(14)13-12/h8-10H,1,4-6H2,2-3H3,(H,13,14)/t8-,9+,10-/m1/s1. The van der Waals surface area contributed by atoms with Gasteiger partial charge >= 0.3 is 0 Å². The highest BCUT2D eigenvalue weighted by Crippen LogP contribution is 2.37. The summed E-state index contributed by atoms with van der Waals surface area (Å²) in [5.41, 5.74) is 1.15. The van der Waals surface area contributed by atoms with E-state index in [-0.39, 0.29) is 11.8 Å². The zero-order chi connectivity index (χ0) is 10.7. The Morgan fingerprint density at radius 2 is 2.07 bits per heavy atom. The average molecular weight is 307 g/mol. The Morgan fingerprint density at radius 3 is 2.57 bits per heavy atom. The van der Waals surface area contributed by atoms with Gasteiger partial charge in [-0.2, -0.15) is 0 Å². The van der Waals surface area contributed by atoms with E-state index in [1.54, 1.807) is 0 Å². The summed E-state index contributed by atoms with van der Waals surface area (Å²) in [6, 6.07) is 0. The summed E-state index contributed by atoms with van der Waals surface area (Å²) in [4.78, 5) is 11.7. The highest BCUT2D eigenvalue weighted by Gasteiger charge is 2.33.